The summed E-state index contributed by atoms with van der Waals surface area (Å²) in [4.78, 5) is 25.2. The molecule has 1 aromatic heterocycles. The lowest BCUT2D eigenvalue weighted by Crippen LogP contribution is -2.28. The SMILES string of the molecule is COC(=O)C1CN(C(=O)C=Cc2ccco2)CC1C. The highest BCUT2D eigenvalue weighted by atomic mass is 16.5. The van der Waals surface area contributed by atoms with Crippen LogP contribution < -0.4 is 0 Å². The number of hydrogen-bond donors (Lipinski definition) is 0. The second-order valence-electron chi connectivity index (χ2n) is 4.70. The molecular weight excluding hydrogens is 246 g/mol. The Morgan fingerprint density at radius 1 is 1.47 bits per heavy atom. The first-order valence-corrected chi connectivity index (χ1v) is 6.20. The molecule has 5 nitrogen and oxygen atoms in total. The zero-order chi connectivity index (χ0) is 13.8. The summed E-state index contributed by atoms with van der Waals surface area (Å²) >= 11 is 0. The van der Waals surface area contributed by atoms with Gasteiger partial charge in [-0.15, -0.1) is 0 Å². The van der Waals surface area contributed by atoms with Gasteiger partial charge in [-0.3, -0.25) is 9.59 Å². The molecular formula is C14H17NO4. The van der Waals surface area contributed by atoms with Crippen LogP contribution in [-0.4, -0.2) is 37.0 Å². The van der Waals surface area contributed by atoms with E-state index in [1.165, 1.54) is 13.2 Å². The fourth-order valence-corrected chi connectivity index (χ4v) is 2.25. The summed E-state index contributed by atoms with van der Waals surface area (Å²) in [5.74, 6) is 0.150. The predicted octanol–water partition coefficient (Wildman–Crippen LogP) is 1.56. The summed E-state index contributed by atoms with van der Waals surface area (Å²) in [6, 6.07) is 3.53. The number of carbonyl (C=O) groups excluding carboxylic acids is 2. The van der Waals surface area contributed by atoms with Crippen molar-refractivity contribution in [2.45, 2.75) is 6.92 Å². The Balaban J connectivity index is 1.96. The molecule has 5 heteroatoms. The summed E-state index contributed by atoms with van der Waals surface area (Å²) in [5.41, 5.74) is 0. The van der Waals surface area contributed by atoms with E-state index < -0.39 is 0 Å². The molecule has 1 aliphatic rings. The van der Waals surface area contributed by atoms with E-state index in [0.29, 0.717) is 18.8 Å². The van der Waals surface area contributed by atoms with Crippen LogP contribution in [0.3, 0.4) is 0 Å². The number of methoxy groups -OCH3 is 1. The van der Waals surface area contributed by atoms with Gasteiger partial charge in [0.1, 0.15) is 5.76 Å². The maximum Gasteiger partial charge on any atom is 0.310 e. The van der Waals surface area contributed by atoms with Crippen molar-refractivity contribution in [2.75, 3.05) is 20.2 Å². The zero-order valence-electron chi connectivity index (χ0n) is 11.0. The first-order valence-electron chi connectivity index (χ1n) is 6.20. The molecule has 0 N–H and O–H groups in total. The third-order valence-corrected chi connectivity index (χ3v) is 3.36. The van der Waals surface area contributed by atoms with E-state index >= 15 is 0 Å². The Bertz CT molecular complexity index is 478. The predicted molar refractivity (Wildman–Crippen MR) is 69.0 cm³/mol. The number of hydrogen-bond acceptors (Lipinski definition) is 4. The number of esters is 1. The number of ether oxygens (including phenoxy) is 1. The van der Waals surface area contributed by atoms with Crippen LogP contribution in [0.15, 0.2) is 28.9 Å². The van der Waals surface area contributed by atoms with Crippen molar-refractivity contribution < 1.29 is 18.7 Å². The van der Waals surface area contributed by atoms with Crippen molar-refractivity contribution in [3.8, 4) is 0 Å². The average Bonchev–Trinajstić information content (AvgIpc) is 3.04. The molecule has 19 heavy (non-hydrogen) atoms. The van der Waals surface area contributed by atoms with Crippen molar-refractivity contribution in [3.63, 3.8) is 0 Å². The van der Waals surface area contributed by atoms with Crippen molar-refractivity contribution >= 4 is 18.0 Å². The lowest BCUT2D eigenvalue weighted by molar-refractivity contribution is -0.146. The van der Waals surface area contributed by atoms with Crippen molar-refractivity contribution in [1.82, 2.24) is 4.90 Å². The van der Waals surface area contributed by atoms with Gasteiger partial charge in [-0.2, -0.15) is 0 Å². The van der Waals surface area contributed by atoms with Crippen LogP contribution in [0.4, 0.5) is 0 Å². The number of likely N-dealkylation sites (tertiary alicyclic amines) is 1. The number of rotatable bonds is 3. The maximum absolute atomic E-state index is 12.0. The molecule has 2 unspecified atom stereocenters. The lowest BCUT2D eigenvalue weighted by atomic mass is 9.99. The Labute approximate surface area is 111 Å². The molecule has 0 saturated carbocycles. The molecule has 0 aliphatic carbocycles. The summed E-state index contributed by atoms with van der Waals surface area (Å²) in [5, 5.41) is 0. The molecule has 0 radical (unpaired) electrons. The van der Waals surface area contributed by atoms with Crippen LogP contribution in [0, 0.1) is 11.8 Å². The second-order valence-corrected chi connectivity index (χ2v) is 4.70. The van der Waals surface area contributed by atoms with Gasteiger partial charge < -0.3 is 14.1 Å². The van der Waals surface area contributed by atoms with Gasteiger partial charge in [0, 0.05) is 19.2 Å². The van der Waals surface area contributed by atoms with Gasteiger partial charge in [-0.25, -0.2) is 0 Å². The topological polar surface area (TPSA) is 59.8 Å². The van der Waals surface area contributed by atoms with E-state index in [0.717, 1.165) is 0 Å². The number of amides is 1. The van der Waals surface area contributed by atoms with E-state index in [1.54, 1.807) is 29.4 Å². The number of carbonyl (C=O) groups is 2. The lowest BCUT2D eigenvalue weighted by Gasteiger charge is -2.13. The van der Waals surface area contributed by atoms with Gasteiger partial charge in [0.25, 0.3) is 0 Å². The van der Waals surface area contributed by atoms with E-state index in [2.05, 4.69) is 0 Å². The van der Waals surface area contributed by atoms with Crippen LogP contribution in [-0.2, 0) is 14.3 Å². The highest BCUT2D eigenvalue weighted by Gasteiger charge is 2.36. The van der Waals surface area contributed by atoms with Crippen LogP contribution >= 0.6 is 0 Å². The third kappa shape index (κ3) is 3.05. The molecule has 0 aromatic carbocycles. The first-order chi connectivity index (χ1) is 9.11. The molecule has 1 amide bonds. The fraction of sp³-hybridized carbons (Fsp3) is 0.429. The standard InChI is InChI=1S/C14H17NO4/c1-10-8-15(9-12(10)14(17)18-2)13(16)6-5-11-4-3-7-19-11/h3-7,10,12H,8-9H2,1-2H3. The smallest absolute Gasteiger partial charge is 0.310 e. The van der Waals surface area contributed by atoms with Crippen molar-refractivity contribution in [1.29, 1.82) is 0 Å². The number of furan rings is 1. The van der Waals surface area contributed by atoms with Crippen molar-refractivity contribution in [2.24, 2.45) is 11.8 Å². The highest BCUT2D eigenvalue weighted by Crippen LogP contribution is 2.24. The molecule has 0 spiro atoms. The molecule has 1 aliphatic heterocycles. The van der Waals surface area contributed by atoms with Gasteiger partial charge in [-0.05, 0) is 24.1 Å². The zero-order valence-corrected chi connectivity index (χ0v) is 11.0. The Morgan fingerprint density at radius 3 is 2.89 bits per heavy atom. The quantitative estimate of drug-likeness (QED) is 0.613. The van der Waals surface area contributed by atoms with Gasteiger partial charge in [-0.1, -0.05) is 6.92 Å². The fourth-order valence-electron chi connectivity index (χ4n) is 2.25. The monoisotopic (exact) mass is 263 g/mol. The minimum Gasteiger partial charge on any atom is -0.469 e. The number of nitrogens with zero attached hydrogens (tertiary/aromatic N) is 1. The van der Waals surface area contributed by atoms with E-state index in [-0.39, 0.29) is 23.7 Å². The third-order valence-electron chi connectivity index (χ3n) is 3.36. The van der Waals surface area contributed by atoms with Crippen LogP contribution in [0.25, 0.3) is 6.08 Å². The molecule has 2 rings (SSSR count). The Kier molecular flexibility index (Phi) is 4.04. The Hall–Kier alpha value is -2.04. The summed E-state index contributed by atoms with van der Waals surface area (Å²) in [7, 11) is 1.37. The van der Waals surface area contributed by atoms with E-state index in [1.807, 2.05) is 6.92 Å². The Morgan fingerprint density at radius 2 is 2.26 bits per heavy atom. The normalized spacial score (nSPS) is 22.9. The van der Waals surface area contributed by atoms with Gasteiger partial charge in [0.05, 0.1) is 19.3 Å². The van der Waals surface area contributed by atoms with E-state index in [4.69, 9.17) is 9.15 Å². The molecule has 1 saturated heterocycles. The van der Waals surface area contributed by atoms with Gasteiger partial charge in [0.2, 0.25) is 5.91 Å². The van der Waals surface area contributed by atoms with Crippen LogP contribution in [0.1, 0.15) is 12.7 Å². The summed E-state index contributed by atoms with van der Waals surface area (Å²) in [6.07, 6.45) is 4.64. The molecule has 2 atom stereocenters. The molecule has 1 aromatic rings. The van der Waals surface area contributed by atoms with Crippen molar-refractivity contribution in [3.05, 3.63) is 30.2 Å². The maximum atomic E-state index is 12.0. The first kappa shape index (κ1) is 13.4. The van der Waals surface area contributed by atoms with Crippen LogP contribution in [0.5, 0.6) is 0 Å². The summed E-state index contributed by atoms with van der Waals surface area (Å²) in [6.45, 7) is 2.93. The molecule has 2 heterocycles. The minimum absolute atomic E-state index is 0.116. The van der Waals surface area contributed by atoms with E-state index in [9.17, 15) is 9.59 Å². The average molecular weight is 263 g/mol. The minimum atomic E-state index is -0.252. The van der Waals surface area contributed by atoms with Crippen LogP contribution in [0.2, 0.25) is 0 Å². The van der Waals surface area contributed by atoms with Gasteiger partial charge in [0.15, 0.2) is 0 Å². The molecule has 1 fully saturated rings. The molecule has 0 bridgehead atoms. The summed E-state index contributed by atoms with van der Waals surface area (Å²) < 4.78 is 9.85. The highest BCUT2D eigenvalue weighted by molar-refractivity contribution is 5.92. The molecule has 102 valence electrons. The second kappa shape index (κ2) is 5.73. The largest absolute Gasteiger partial charge is 0.469 e. The van der Waals surface area contributed by atoms with Gasteiger partial charge >= 0.3 is 5.97 Å².